The predicted octanol–water partition coefficient (Wildman–Crippen LogP) is 1.38. The Morgan fingerprint density at radius 1 is 1.29 bits per heavy atom. The number of nitrogens with zero attached hydrogens (tertiary/aromatic N) is 2. The van der Waals surface area contributed by atoms with Crippen LogP contribution in [0.1, 0.15) is 25.1 Å². The quantitative estimate of drug-likeness (QED) is 0.768. The molecule has 0 aromatic carbocycles. The highest BCUT2D eigenvalue weighted by molar-refractivity contribution is 5.13. The van der Waals surface area contributed by atoms with Crippen LogP contribution in [-0.4, -0.2) is 23.0 Å². The second kappa shape index (κ2) is 5.73. The lowest BCUT2D eigenvalue weighted by atomic mass is 10.2. The van der Waals surface area contributed by atoms with Crippen molar-refractivity contribution in [3.8, 4) is 0 Å². The SMILES string of the molecule is CCN(CC)Cc1ccc(CN)nc1. The minimum Gasteiger partial charge on any atom is -0.325 e. The van der Waals surface area contributed by atoms with Gasteiger partial charge in [0.05, 0.1) is 5.69 Å². The summed E-state index contributed by atoms with van der Waals surface area (Å²) in [6, 6.07) is 4.10. The van der Waals surface area contributed by atoms with Crippen LogP contribution >= 0.6 is 0 Å². The fraction of sp³-hybridized carbons (Fsp3) is 0.545. The minimum atomic E-state index is 0.519. The van der Waals surface area contributed by atoms with Crippen LogP contribution in [-0.2, 0) is 13.1 Å². The van der Waals surface area contributed by atoms with Crippen LogP contribution in [0.4, 0.5) is 0 Å². The summed E-state index contributed by atoms with van der Waals surface area (Å²) in [6.07, 6.45) is 1.92. The number of rotatable bonds is 5. The normalized spacial score (nSPS) is 10.9. The molecule has 0 fully saturated rings. The minimum absolute atomic E-state index is 0.519. The van der Waals surface area contributed by atoms with Gasteiger partial charge in [-0.25, -0.2) is 0 Å². The van der Waals surface area contributed by atoms with E-state index in [1.165, 1.54) is 5.56 Å². The molecule has 14 heavy (non-hydrogen) atoms. The standard InChI is InChI=1S/C11H19N3/c1-3-14(4-2)9-10-5-6-11(7-12)13-8-10/h5-6,8H,3-4,7,9,12H2,1-2H3. The molecule has 0 spiro atoms. The van der Waals surface area contributed by atoms with E-state index in [1.54, 1.807) is 0 Å². The Labute approximate surface area is 85.9 Å². The van der Waals surface area contributed by atoms with E-state index in [4.69, 9.17) is 5.73 Å². The summed E-state index contributed by atoms with van der Waals surface area (Å²) in [5.41, 5.74) is 7.69. The first-order chi connectivity index (χ1) is 6.80. The smallest absolute Gasteiger partial charge is 0.0539 e. The van der Waals surface area contributed by atoms with Gasteiger partial charge in [-0.2, -0.15) is 0 Å². The zero-order valence-corrected chi connectivity index (χ0v) is 9.03. The van der Waals surface area contributed by atoms with E-state index in [-0.39, 0.29) is 0 Å². The van der Waals surface area contributed by atoms with Crippen molar-refractivity contribution in [2.24, 2.45) is 5.73 Å². The van der Waals surface area contributed by atoms with E-state index < -0.39 is 0 Å². The molecule has 2 N–H and O–H groups in total. The van der Waals surface area contributed by atoms with Gasteiger partial charge in [0.2, 0.25) is 0 Å². The van der Waals surface area contributed by atoms with Crippen LogP contribution in [0.5, 0.6) is 0 Å². The molecule has 3 nitrogen and oxygen atoms in total. The van der Waals surface area contributed by atoms with Gasteiger partial charge < -0.3 is 5.73 Å². The molecule has 78 valence electrons. The summed E-state index contributed by atoms with van der Waals surface area (Å²) in [6.45, 7) is 8.00. The van der Waals surface area contributed by atoms with Gasteiger partial charge in [-0.15, -0.1) is 0 Å². The van der Waals surface area contributed by atoms with Crippen LogP contribution in [0.2, 0.25) is 0 Å². The topological polar surface area (TPSA) is 42.1 Å². The third-order valence-corrected chi connectivity index (χ3v) is 2.40. The van der Waals surface area contributed by atoms with Crippen LogP contribution in [0.3, 0.4) is 0 Å². The number of pyridine rings is 1. The van der Waals surface area contributed by atoms with Gasteiger partial charge >= 0.3 is 0 Å². The van der Waals surface area contributed by atoms with E-state index in [2.05, 4.69) is 29.8 Å². The molecule has 0 aliphatic rings. The summed E-state index contributed by atoms with van der Waals surface area (Å²) >= 11 is 0. The zero-order valence-electron chi connectivity index (χ0n) is 9.03. The van der Waals surface area contributed by atoms with Crippen molar-refractivity contribution in [1.82, 2.24) is 9.88 Å². The fourth-order valence-corrected chi connectivity index (χ4v) is 1.37. The highest BCUT2D eigenvalue weighted by atomic mass is 15.1. The van der Waals surface area contributed by atoms with Crippen LogP contribution < -0.4 is 5.73 Å². The molecule has 0 saturated heterocycles. The van der Waals surface area contributed by atoms with Crippen LogP contribution in [0, 0.1) is 0 Å². The molecule has 0 amide bonds. The Balaban J connectivity index is 2.58. The second-order valence-electron chi connectivity index (χ2n) is 3.32. The molecule has 1 aromatic heterocycles. The predicted molar refractivity (Wildman–Crippen MR) is 58.8 cm³/mol. The van der Waals surface area contributed by atoms with Crippen molar-refractivity contribution in [3.05, 3.63) is 29.6 Å². The maximum Gasteiger partial charge on any atom is 0.0539 e. The lowest BCUT2D eigenvalue weighted by Crippen LogP contribution is -2.22. The van der Waals surface area contributed by atoms with Gasteiger partial charge in [0, 0.05) is 19.3 Å². The average molecular weight is 193 g/mol. The number of hydrogen-bond acceptors (Lipinski definition) is 3. The third-order valence-electron chi connectivity index (χ3n) is 2.40. The van der Waals surface area contributed by atoms with Crippen molar-refractivity contribution < 1.29 is 0 Å². The van der Waals surface area contributed by atoms with Gasteiger partial charge in [0.25, 0.3) is 0 Å². The highest BCUT2D eigenvalue weighted by Gasteiger charge is 2.00. The summed E-state index contributed by atoms with van der Waals surface area (Å²) in [5, 5.41) is 0. The molecule has 1 heterocycles. The van der Waals surface area contributed by atoms with Crippen molar-refractivity contribution in [2.75, 3.05) is 13.1 Å². The fourth-order valence-electron chi connectivity index (χ4n) is 1.37. The molecule has 3 heteroatoms. The molecule has 0 radical (unpaired) electrons. The van der Waals surface area contributed by atoms with Crippen molar-refractivity contribution in [3.63, 3.8) is 0 Å². The van der Waals surface area contributed by atoms with E-state index in [1.807, 2.05) is 12.3 Å². The van der Waals surface area contributed by atoms with Gasteiger partial charge in [0.1, 0.15) is 0 Å². The lowest BCUT2D eigenvalue weighted by molar-refractivity contribution is 0.295. The molecule has 0 unspecified atom stereocenters. The van der Waals surface area contributed by atoms with Crippen molar-refractivity contribution in [2.45, 2.75) is 26.9 Å². The Kier molecular flexibility index (Phi) is 4.56. The first kappa shape index (κ1) is 11.1. The van der Waals surface area contributed by atoms with Gasteiger partial charge in [-0.3, -0.25) is 9.88 Å². The lowest BCUT2D eigenvalue weighted by Gasteiger charge is -2.17. The monoisotopic (exact) mass is 193 g/mol. The van der Waals surface area contributed by atoms with Gasteiger partial charge in [-0.05, 0) is 24.7 Å². The molecule has 0 atom stereocenters. The largest absolute Gasteiger partial charge is 0.325 e. The van der Waals surface area contributed by atoms with E-state index >= 15 is 0 Å². The number of nitrogens with two attached hydrogens (primary N) is 1. The van der Waals surface area contributed by atoms with Crippen LogP contribution in [0.25, 0.3) is 0 Å². The maximum absolute atomic E-state index is 5.48. The molecule has 1 rings (SSSR count). The molecule has 0 bridgehead atoms. The molecule has 0 aliphatic carbocycles. The number of hydrogen-bond donors (Lipinski definition) is 1. The molecule has 1 aromatic rings. The summed E-state index contributed by atoms with van der Waals surface area (Å²) in [5.74, 6) is 0. The van der Waals surface area contributed by atoms with Crippen LogP contribution in [0.15, 0.2) is 18.3 Å². The first-order valence-corrected chi connectivity index (χ1v) is 5.16. The first-order valence-electron chi connectivity index (χ1n) is 5.16. The van der Waals surface area contributed by atoms with Gasteiger partial charge in [-0.1, -0.05) is 19.9 Å². The Hall–Kier alpha value is -0.930. The zero-order chi connectivity index (χ0) is 10.4. The molecular formula is C11H19N3. The summed E-state index contributed by atoms with van der Waals surface area (Å²) < 4.78 is 0. The molecule has 0 aliphatic heterocycles. The third kappa shape index (κ3) is 3.09. The second-order valence-corrected chi connectivity index (χ2v) is 3.32. The maximum atomic E-state index is 5.48. The average Bonchev–Trinajstić information content (AvgIpc) is 2.26. The summed E-state index contributed by atoms with van der Waals surface area (Å²) in [7, 11) is 0. The van der Waals surface area contributed by atoms with Crippen molar-refractivity contribution >= 4 is 0 Å². The summed E-state index contributed by atoms with van der Waals surface area (Å²) in [4.78, 5) is 6.63. The van der Waals surface area contributed by atoms with Crippen molar-refractivity contribution in [1.29, 1.82) is 0 Å². The molecule has 0 saturated carbocycles. The van der Waals surface area contributed by atoms with E-state index in [0.29, 0.717) is 6.54 Å². The Morgan fingerprint density at radius 2 is 2.00 bits per heavy atom. The number of aromatic nitrogens is 1. The highest BCUT2D eigenvalue weighted by Crippen LogP contribution is 2.04. The van der Waals surface area contributed by atoms with E-state index in [0.717, 1.165) is 25.3 Å². The Morgan fingerprint density at radius 3 is 2.43 bits per heavy atom. The van der Waals surface area contributed by atoms with Gasteiger partial charge in [0.15, 0.2) is 0 Å². The molecular weight excluding hydrogens is 174 g/mol. The Bertz CT molecular complexity index is 252. The van der Waals surface area contributed by atoms with E-state index in [9.17, 15) is 0 Å².